The monoisotopic (exact) mass is 290 g/mol. The van der Waals surface area contributed by atoms with Crippen molar-refractivity contribution < 1.29 is 30.7 Å². The summed E-state index contributed by atoms with van der Waals surface area (Å²) < 4.78 is 88.5. The molecule has 0 aromatic carbocycles. The molecule has 1 aromatic rings. The zero-order valence-electron chi connectivity index (χ0n) is 9.66. The lowest BCUT2D eigenvalue weighted by atomic mass is 10.2. The Hall–Kier alpha value is -1.54. The molecule has 9 heteroatoms. The molecule has 0 saturated heterocycles. The molecule has 1 rings (SSSR count). The van der Waals surface area contributed by atoms with Crippen molar-refractivity contribution in [1.29, 1.82) is 0 Å². The van der Waals surface area contributed by atoms with Gasteiger partial charge in [0.25, 0.3) is 11.9 Å². The fourth-order valence-electron chi connectivity index (χ4n) is 1.44. The van der Waals surface area contributed by atoms with Gasteiger partial charge in [-0.15, -0.1) is 0 Å². The van der Waals surface area contributed by atoms with Crippen LogP contribution in [0.4, 0.5) is 36.4 Å². The Kier molecular flexibility index (Phi) is 4.59. The van der Waals surface area contributed by atoms with Crippen LogP contribution in [0.25, 0.3) is 0 Å². The number of nitrogens with zero attached hydrogens (tertiary/aromatic N) is 2. The van der Waals surface area contributed by atoms with E-state index < -0.39 is 48.4 Å². The van der Waals surface area contributed by atoms with E-state index in [1.54, 1.807) is 0 Å². The van der Waals surface area contributed by atoms with Gasteiger partial charge in [-0.2, -0.15) is 35.7 Å². The van der Waals surface area contributed by atoms with Gasteiger partial charge in [-0.1, -0.05) is 0 Å². The first-order valence-electron chi connectivity index (χ1n) is 5.19. The Labute approximate surface area is 103 Å². The topological polar surface area (TPSA) is 16.1 Å². The number of hydrogen-bond acceptors (Lipinski definition) is 2. The van der Waals surface area contributed by atoms with Crippen LogP contribution in [-0.4, -0.2) is 24.2 Å². The van der Waals surface area contributed by atoms with Gasteiger partial charge in [0.2, 0.25) is 11.6 Å². The van der Waals surface area contributed by atoms with Gasteiger partial charge >= 0.3 is 6.18 Å². The van der Waals surface area contributed by atoms with Crippen LogP contribution in [0.2, 0.25) is 0 Å². The maximum absolute atomic E-state index is 13.3. The van der Waals surface area contributed by atoms with Crippen LogP contribution in [-0.2, 0) is 0 Å². The number of anilines is 1. The van der Waals surface area contributed by atoms with Crippen LogP contribution in [0.15, 0.2) is 0 Å². The molecule has 0 aliphatic carbocycles. The van der Waals surface area contributed by atoms with Gasteiger partial charge in [0, 0.05) is 13.1 Å². The molecule has 0 aliphatic heterocycles. The summed E-state index contributed by atoms with van der Waals surface area (Å²) in [5.74, 6) is -7.44. The van der Waals surface area contributed by atoms with Gasteiger partial charge in [0.1, 0.15) is 5.69 Å². The summed E-state index contributed by atoms with van der Waals surface area (Å²) >= 11 is 0. The molecule has 0 spiro atoms. The molecule has 0 saturated carbocycles. The average Bonchev–Trinajstić information content (AvgIpc) is 2.29. The minimum atomic E-state index is -4.55. The van der Waals surface area contributed by atoms with Crippen LogP contribution in [0.1, 0.15) is 13.3 Å². The van der Waals surface area contributed by atoms with E-state index in [1.165, 1.54) is 6.92 Å². The number of aromatic nitrogens is 1. The van der Waals surface area contributed by atoms with Crippen molar-refractivity contribution >= 4 is 5.69 Å². The highest BCUT2D eigenvalue weighted by atomic mass is 19.4. The molecule has 19 heavy (non-hydrogen) atoms. The van der Waals surface area contributed by atoms with E-state index in [0.29, 0.717) is 4.90 Å². The lowest BCUT2D eigenvalue weighted by molar-refractivity contribution is -0.132. The van der Waals surface area contributed by atoms with E-state index in [-0.39, 0.29) is 6.54 Å². The number of alkyl halides is 3. The van der Waals surface area contributed by atoms with Gasteiger partial charge in [-0.25, -0.2) is 0 Å². The summed E-state index contributed by atoms with van der Waals surface area (Å²) in [7, 11) is 0. The first-order valence-corrected chi connectivity index (χ1v) is 5.19. The molecule has 0 N–H and O–H groups in total. The van der Waals surface area contributed by atoms with Gasteiger partial charge in [-0.3, -0.25) is 0 Å². The third-order valence-electron chi connectivity index (χ3n) is 2.34. The highest BCUT2D eigenvalue weighted by Crippen LogP contribution is 2.28. The van der Waals surface area contributed by atoms with Gasteiger partial charge in [-0.05, 0) is 6.92 Å². The number of pyridine rings is 1. The Morgan fingerprint density at radius 3 is 1.84 bits per heavy atom. The SMILES string of the molecule is CCN(CCC(F)(F)F)c1c(F)c(F)nc(F)c1F. The van der Waals surface area contributed by atoms with Crippen molar-refractivity contribution in [2.75, 3.05) is 18.0 Å². The molecular formula is C10H9F7N2. The molecule has 0 atom stereocenters. The third-order valence-corrected chi connectivity index (χ3v) is 2.34. The van der Waals surface area contributed by atoms with E-state index in [4.69, 9.17) is 0 Å². The Balaban J connectivity index is 3.11. The summed E-state index contributed by atoms with van der Waals surface area (Å²) in [6, 6.07) is 0. The van der Waals surface area contributed by atoms with E-state index in [1.807, 2.05) is 0 Å². The van der Waals surface area contributed by atoms with Crippen LogP contribution < -0.4 is 4.90 Å². The van der Waals surface area contributed by atoms with Gasteiger partial charge in [0.05, 0.1) is 6.42 Å². The summed E-state index contributed by atoms with van der Waals surface area (Å²) in [6.45, 7) is 0.217. The molecule has 0 aliphatic rings. The molecule has 108 valence electrons. The van der Waals surface area contributed by atoms with Crippen molar-refractivity contribution in [2.24, 2.45) is 0 Å². The van der Waals surface area contributed by atoms with Crippen molar-refractivity contribution in [3.63, 3.8) is 0 Å². The molecule has 0 unspecified atom stereocenters. The average molecular weight is 290 g/mol. The zero-order valence-corrected chi connectivity index (χ0v) is 9.66. The molecule has 1 heterocycles. The van der Waals surface area contributed by atoms with E-state index >= 15 is 0 Å². The summed E-state index contributed by atoms with van der Waals surface area (Å²) in [4.78, 5) is 2.89. The van der Waals surface area contributed by atoms with Crippen LogP contribution >= 0.6 is 0 Å². The highest BCUT2D eigenvalue weighted by molar-refractivity contribution is 5.48. The van der Waals surface area contributed by atoms with Crippen molar-refractivity contribution in [2.45, 2.75) is 19.5 Å². The molecule has 0 amide bonds. The van der Waals surface area contributed by atoms with Crippen LogP contribution in [0.5, 0.6) is 0 Å². The normalized spacial score (nSPS) is 11.8. The molecule has 1 aromatic heterocycles. The standard InChI is InChI=1S/C10H9F7N2/c1-2-19(4-3-10(15,16)17)7-5(11)8(13)18-9(14)6(7)12/h2-4H2,1H3. The quantitative estimate of drug-likeness (QED) is 0.624. The molecule has 2 nitrogen and oxygen atoms in total. The van der Waals surface area contributed by atoms with E-state index in [2.05, 4.69) is 4.98 Å². The van der Waals surface area contributed by atoms with Crippen LogP contribution in [0.3, 0.4) is 0 Å². The summed E-state index contributed by atoms with van der Waals surface area (Å²) in [5.41, 5.74) is -1.18. The molecular weight excluding hydrogens is 281 g/mol. The molecule has 0 radical (unpaired) electrons. The van der Waals surface area contributed by atoms with Gasteiger partial charge < -0.3 is 4.90 Å². The highest BCUT2D eigenvalue weighted by Gasteiger charge is 2.30. The summed E-state index contributed by atoms with van der Waals surface area (Å²) in [6.07, 6.45) is -5.92. The van der Waals surface area contributed by atoms with E-state index in [0.717, 1.165) is 0 Å². The fraction of sp³-hybridized carbons (Fsp3) is 0.500. The first kappa shape index (κ1) is 15.5. The summed E-state index contributed by atoms with van der Waals surface area (Å²) in [5, 5.41) is 0. The van der Waals surface area contributed by atoms with E-state index in [9.17, 15) is 30.7 Å². The number of rotatable bonds is 4. The smallest absolute Gasteiger partial charge is 0.366 e. The number of halogens is 7. The van der Waals surface area contributed by atoms with Crippen molar-refractivity contribution in [3.8, 4) is 0 Å². The molecule has 0 bridgehead atoms. The second kappa shape index (κ2) is 5.62. The Morgan fingerprint density at radius 1 is 1.00 bits per heavy atom. The maximum atomic E-state index is 13.3. The minimum Gasteiger partial charge on any atom is -0.366 e. The lowest BCUT2D eigenvalue weighted by Gasteiger charge is -2.24. The minimum absolute atomic E-state index is 0.257. The first-order chi connectivity index (χ1) is 8.67. The zero-order chi connectivity index (χ0) is 14.8. The predicted molar refractivity (Wildman–Crippen MR) is 52.6 cm³/mol. The second-order valence-corrected chi connectivity index (χ2v) is 3.61. The largest absolute Gasteiger partial charge is 0.390 e. The fourth-order valence-corrected chi connectivity index (χ4v) is 1.44. The number of hydrogen-bond donors (Lipinski definition) is 0. The molecule has 0 fully saturated rings. The Bertz CT molecular complexity index is 432. The predicted octanol–water partition coefficient (Wildman–Crippen LogP) is 3.42. The van der Waals surface area contributed by atoms with Crippen molar-refractivity contribution in [3.05, 3.63) is 23.5 Å². The Morgan fingerprint density at radius 2 is 1.47 bits per heavy atom. The second-order valence-electron chi connectivity index (χ2n) is 3.61. The van der Waals surface area contributed by atoms with Crippen LogP contribution in [0, 0.1) is 23.5 Å². The van der Waals surface area contributed by atoms with Gasteiger partial charge in [0.15, 0.2) is 0 Å². The van der Waals surface area contributed by atoms with Crippen molar-refractivity contribution in [1.82, 2.24) is 4.98 Å². The maximum Gasteiger partial charge on any atom is 0.390 e. The third kappa shape index (κ3) is 3.71. The lowest BCUT2D eigenvalue weighted by Crippen LogP contribution is -2.30.